The third-order valence-electron chi connectivity index (χ3n) is 6.54. The third kappa shape index (κ3) is 6.94. The lowest BCUT2D eigenvalue weighted by molar-refractivity contribution is 0.0324. The number of carbonyl (C=O) groups excluding carboxylic acids is 1. The summed E-state index contributed by atoms with van der Waals surface area (Å²) in [6, 6.07) is 17.3. The van der Waals surface area contributed by atoms with E-state index >= 15 is 0 Å². The molecule has 3 heterocycles. The lowest BCUT2D eigenvalue weighted by atomic mass is 10.00. The van der Waals surface area contributed by atoms with Crippen molar-refractivity contribution in [2.75, 3.05) is 26.7 Å². The maximum Gasteiger partial charge on any atom is 0.259 e. The third-order valence-corrected chi connectivity index (χ3v) is 6.54. The molecule has 192 valence electrons. The second-order valence-corrected chi connectivity index (χ2v) is 9.68. The molecule has 0 fully saturated rings. The first-order valence-corrected chi connectivity index (χ1v) is 12.6. The number of aromatic nitrogens is 2. The molecule has 0 radical (unpaired) electrons. The molecule has 0 saturated carbocycles. The molecule has 1 aromatic carbocycles. The van der Waals surface area contributed by atoms with Gasteiger partial charge in [0.25, 0.3) is 5.91 Å². The monoisotopic (exact) mass is 498 g/mol. The number of benzene rings is 1. The molecule has 0 aliphatic carbocycles. The summed E-state index contributed by atoms with van der Waals surface area (Å²) in [4.78, 5) is 26.4. The zero-order valence-electron chi connectivity index (χ0n) is 21.7. The van der Waals surface area contributed by atoms with E-state index < -0.39 is 0 Å². The molecule has 0 spiro atoms. The Morgan fingerprint density at radius 1 is 1.19 bits per heavy atom. The van der Waals surface area contributed by atoms with Crippen LogP contribution < -0.4 is 4.74 Å². The smallest absolute Gasteiger partial charge is 0.259 e. The van der Waals surface area contributed by atoms with Crippen LogP contribution in [0.25, 0.3) is 0 Å². The molecular formula is C30H34N4O3. The molecule has 7 nitrogen and oxygen atoms in total. The Hall–Kier alpha value is -3.73. The second kappa shape index (κ2) is 12.5. The standard InChI is InChI=1S/C30H34N4O3/c1-22-18-34(23(2)21-35)30(36)27-16-25(13-9-12-24-10-5-4-6-11-24)17-32-29(27)37-28(22)20-33(3)19-26-14-7-8-15-31-26/h4-8,10-11,14-17,22-23,28,35H,12,18-21H2,1-3H3/t22-,23+,28-/m0/s1. The molecule has 3 atom stereocenters. The molecule has 7 heteroatoms. The summed E-state index contributed by atoms with van der Waals surface area (Å²) in [7, 11) is 2.03. The maximum absolute atomic E-state index is 13.6. The Bertz CT molecular complexity index is 1240. The quantitative estimate of drug-likeness (QED) is 0.503. The van der Waals surface area contributed by atoms with Crippen LogP contribution in [0.3, 0.4) is 0 Å². The van der Waals surface area contributed by atoms with Gasteiger partial charge in [-0.15, -0.1) is 0 Å². The first kappa shape index (κ1) is 26.3. The van der Waals surface area contributed by atoms with Gasteiger partial charge < -0.3 is 14.7 Å². The fourth-order valence-electron chi connectivity index (χ4n) is 4.37. The van der Waals surface area contributed by atoms with E-state index in [1.54, 1.807) is 23.4 Å². The summed E-state index contributed by atoms with van der Waals surface area (Å²) < 4.78 is 6.39. The number of hydrogen-bond acceptors (Lipinski definition) is 6. The largest absolute Gasteiger partial charge is 0.472 e. The number of amides is 1. The molecule has 37 heavy (non-hydrogen) atoms. The zero-order valence-corrected chi connectivity index (χ0v) is 21.7. The van der Waals surface area contributed by atoms with Gasteiger partial charge in [-0.3, -0.25) is 14.7 Å². The van der Waals surface area contributed by atoms with Crippen LogP contribution in [-0.2, 0) is 13.0 Å². The van der Waals surface area contributed by atoms with Gasteiger partial charge in [0.05, 0.1) is 18.3 Å². The highest BCUT2D eigenvalue weighted by Gasteiger charge is 2.34. The number of ether oxygens (including phenoxy) is 1. The Balaban J connectivity index is 1.59. The molecule has 1 N–H and O–H groups in total. The summed E-state index contributed by atoms with van der Waals surface area (Å²) in [6.07, 6.45) is 3.85. The predicted molar refractivity (Wildman–Crippen MR) is 143 cm³/mol. The fraction of sp³-hybridized carbons (Fsp3) is 0.367. The first-order valence-electron chi connectivity index (χ1n) is 12.6. The topological polar surface area (TPSA) is 78.8 Å². The lowest BCUT2D eigenvalue weighted by Gasteiger charge is -2.37. The van der Waals surface area contributed by atoms with Gasteiger partial charge in [-0.2, -0.15) is 0 Å². The van der Waals surface area contributed by atoms with E-state index in [0.29, 0.717) is 43.1 Å². The molecule has 1 aliphatic rings. The van der Waals surface area contributed by atoms with E-state index in [-0.39, 0.29) is 30.6 Å². The number of likely N-dealkylation sites (N-methyl/N-ethyl adjacent to an activating group) is 1. The van der Waals surface area contributed by atoms with Crippen molar-refractivity contribution in [3.05, 3.63) is 89.4 Å². The van der Waals surface area contributed by atoms with Gasteiger partial charge in [-0.25, -0.2) is 4.98 Å². The van der Waals surface area contributed by atoms with Gasteiger partial charge >= 0.3 is 0 Å². The Labute approximate surface area is 219 Å². The molecule has 1 aliphatic heterocycles. The summed E-state index contributed by atoms with van der Waals surface area (Å²) in [6.45, 7) is 5.57. The zero-order chi connectivity index (χ0) is 26.2. The number of pyridine rings is 2. The van der Waals surface area contributed by atoms with E-state index in [1.165, 1.54) is 0 Å². The van der Waals surface area contributed by atoms with Crippen LogP contribution in [0, 0.1) is 17.8 Å². The molecule has 3 aromatic rings. The maximum atomic E-state index is 13.6. The normalized spacial score (nSPS) is 18.2. The van der Waals surface area contributed by atoms with E-state index in [2.05, 4.69) is 33.6 Å². The average molecular weight is 499 g/mol. The Morgan fingerprint density at radius 3 is 2.70 bits per heavy atom. The van der Waals surface area contributed by atoms with Gasteiger partial charge in [0.2, 0.25) is 5.88 Å². The minimum Gasteiger partial charge on any atom is -0.472 e. The molecular weight excluding hydrogens is 464 g/mol. The highest BCUT2D eigenvalue weighted by Crippen LogP contribution is 2.27. The Morgan fingerprint density at radius 2 is 1.97 bits per heavy atom. The number of fused-ring (bicyclic) bond motifs is 1. The van der Waals surface area contributed by atoms with Crippen molar-refractivity contribution in [2.45, 2.75) is 39.0 Å². The molecule has 0 saturated heterocycles. The van der Waals surface area contributed by atoms with Crippen molar-refractivity contribution < 1.29 is 14.6 Å². The van der Waals surface area contributed by atoms with Crippen molar-refractivity contribution in [1.82, 2.24) is 19.8 Å². The van der Waals surface area contributed by atoms with Gasteiger partial charge in [0.15, 0.2) is 0 Å². The van der Waals surface area contributed by atoms with Crippen LogP contribution in [0.4, 0.5) is 0 Å². The predicted octanol–water partition coefficient (Wildman–Crippen LogP) is 3.42. The summed E-state index contributed by atoms with van der Waals surface area (Å²) >= 11 is 0. The molecule has 4 rings (SSSR count). The van der Waals surface area contributed by atoms with Crippen molar-refractivity contribution >= 4 is 5.91 Å². The summed E-state index contributed by atoms with van der Waals surface area (Å²) in [5.74, 6) is 6.42. The minimum absolute atomic E-state index is 0.0180. The number of nitrogens with zero attached hydrogens (tertiary/aromatic N) is 4. The van der Waals surface area contributed by atoms with Crippen LogP contribution in [0.1, 0.15) is 41.0 Å². The van der Waals surface area contributed by atoms with Crippen molar-refractivity contribution in [3.8, 4) is 17.7 Å². The number of rotatable bonds is 7. The SMILES string of the molecule is C[C@H](CO)N1C[C@H](C)[C@H](CN(C)Cc2ccccn2)Oc2ncc(C#CCc3ccccc3)cc2C1=O. The number of carbonyl (C=O) groups is 1. The fourth-order valence-corrected chi connectivity index (χ4v) is 4.37. The van der Waals surface area contributed by atoms with E-state index in [1.807, 2.05) is 62.5 Å². The van der Waals surface area contributed by atoms with Crippen LogP contribution in [0.15, 0.2) is 67.0 Å². The summed E-state index contributed by atoms with van der Waals surface area (Å²) in [5, 5.41) is 9.88. The van der Waals surface area contributed by atoms with E-state index in [4.69, 9.17) is 4.74 Å². The summed E-state index contributed by atoms with van der Waals surface area (Å²) in [5.41, 5.74) is 3.13. The van der Waals surface area contributed by atoms with Gasteiger partial charge in [0, 0.05) is 49.9 Å². The van der Waals surface area contributed by atoms with Gasteiger partial charge in [-0.05, 0) is 37.7 Å². The molecule has 0 unspecified atom stereocenters. The highest BCUT2D eigenvalue weighted by molar-refractivity contribution is 5.97. The van der Waals surface area contributed by atoms with Crippen molar-refractivity contribution in [3.63, 3.8) is 0 Å². The number of hydrogen-bond donors (Lipinski definition) is 1. The van der Waals surface area contributed by atoms with Gasteiger partial charge in [0.1, 0.15) is 11.7 Å². The highest BCUT2D eigenvalue weighted by atomic mass is 16.5. The van der Waals surface area contributed by atoms with Gasteiger partial charge in [-0.1, -0.05) is 55.2 Å². The number of aliphatic hydroxyl groups excluding tert-OH is 1. The van der Waals surface area contributed by atoms with E-state index in [9.17, 15) is 9.90 Å². The second-order valence-electron chi connectivity index (χ2n) is 9.68. The van der Waals surface area contributed by atoms with Crippen LogP contribution in [-0.4, -0.2) is 69.7 Å². The molecule has 0 bridgehead atoms. The first-order chi connectivity index (χ1) is 17.9. The molecule has 2 aromatic heterocycles. The van der Waals surface area contributed by atoms with Crippen LogP contribution >= 0.6 is 0 Å². The lowest BCUT2D eigenvalue weighted by Crippen LogP contribution is -2.49. The number of aliphatic hydroxyl groups is 1. The Kier molecular flexibility index (Phi) is 8.89. The van der Waals surface area contributed by atoms with Crippen LogP contribution in [0.2, 0.25) is 0 Å². The van der Waals surface area contributed by atoms with E-state index in [0.717, 1.165) is 11.3 Å². The van der Waals surface area contributed by atoms with Crippen LogP contribution in [0.5, 0.6) is 5.88 Å². The molecule has 1 amide bonds. The minimum atomic E-state index is -0.333. The average Bonchev–Trinajstić information content (AvgIpc) is 2.91. The van der Waals surface area contributed by atoms with Crippen molar-refractivity contribution in [2.24, 2.45) is 5.92 Å². The van der Waals surface area contributed by atoms with Crippen molar-refractivity contribution in [1.29, 1.82) is 0 Å².